The Balaban J connectivity index is 3.56. The van der Waals surface area contributed by atoms with E-state index in [0.717, 1.165) is 12.8 Å². The van der Waals surface area contributed by atoms with Crippen LogP contribution in [0.1, 0.15) is 26.2 Å². The number of ether oxygens (including phenoxy) is 1. The van der Waals surface area contributed by atoms with Crippen LogP contribution in [-0.2, 0) is 9.53 Å². The van der Waals surface area contributed by atoms with Crippen LogP contribution in [-0.4, -0.2) is 38.1 Å². The van der Waals surface area contributed by atoms with Gasteiger partial charge in [-0.15, -0.1) is 0 Å². The number of nitrogens with two attached hydrogens (primary N) is 1. The van der Waals surface area contributed by atoms with E-state index in [-0.39, 0.29) is 25.0 Å². The summed E-state index contributed by atoms with van der Waals surface area (Å²) in [5.41, 5.74) is 5.46. The molecule has 6 heteroatoms. The molecule has 0 fully saturated rings. The molecule has 0 aliphatic heterocycles. The monoisotopic (exact) mass is 238 g/mol. The molecule has 0 radical (unpaired) electrons. The van der Waals surface area contributed by atoms with Crippen molar-refractivity contribution in [3.8, 4) is 0 Å². The van der Waals surface area contributed by atoms with E-state index in [2.05, 4.69) is 10.1 Å². The van der Waals surface area contributed by atoms with Gasteiger partial charge in [0.15, 0.2) is 0 Å². The van der Waals surface area contributed by atoms with Crippen molar-refractivity contribution in [1.82, 2.24) is 5.32 Å². The SMILES string of the molecule is CCCC(CN)NC(=O)CCOCC(F)F. The highest BCUT2D eigenvalue weighted by molar-refractivity contribution is 5.76. The van der Waals surface area contributed by atoms with Crippen LogP contribution < -0.4 is 11.1 Å². The molecule has 1 amide bonds. The summed E-state index contributed by atoms with van der Waals surface area (Å²) >= 11 is 0. The van der Waals surface area contributed by atoms with Crippen molar-refractivity contribution in [3.05, 3.63) is 0 Å². The number of carbonyl (C=O) groups is 1. The smallest absolute Gasteiger partial charge is 0.261 e. The average Bonchev–Trinajstić information content (AvgIpc) is 2.23. The zero-order chi connectivity index (χ0) is 12.4. The summed E-state index contributed by atoms with van der Waals surface area (Å²) in [4.78, 5) is 11.3. The lowest BCUT2D eigenvalue weighted by molar-refractivity contribution is -0.123. The molecule has 0 aliphatic rings. The Morgan fingerprint density at radius 2 is 2.19 bits per heavy atom. The molecule has 0 aromatic rings. The fourth-order valence-electron chi connectivity index (χ4n) is 1.23. The summed E-state index contributed by atoms with van der Waals surface area (Å²) in [5.74, 6) is -0.210. The zero-order valence-electron chi connectivity index (χ0n) is 9.55. The van der Waals surface area contributed by atoms with Crippen molar-refractivity contribution in [1.29, 1.82) is 0 Å². The second-order valence-corrected chi connectivity index (χ2v) is 3.50. The molecule has 96 valence electrons. The fraction of sp³-hybridized carbons (Fsp3) is 0.900. The van der Waals surface area contributed by atoms with Crippen LogP contribution in [0.2, 0.25) is 0 Å². The lowest BCUT2D eigenvalue weighted by atomic mass is 10.1. The molecular weight excluding hydrogens is 218 g/mol. The summed E-state index contributed by atoms with van der Waals surface area (Å²) in [7, 11) is 0. The topological polar surface area (TPSA) is 64.3 Å². The number of rotatable bonds is 9. The molecule has 0 aliphatic carbocycles. The van der Waals surface area contributed by atoms with E-state index < -0.39 is 13.0 Å². The molecule has 4 nitrogen and oxygen atoms in total. The van der Waals surface area contributed by atoms with E-state index in [1.165, 1.54) is 0 Å². The summed E-state index contributed by atoms with van der Waals surface area (Å²) in [6, 6.07) is -0.0346. The number of hydrogen-bond acceptors (Lipinski definition) is 3. The molecule has 0 saturated carbocycles. The largest absolute Gasteiger partial charge is 0.375 e. The van der Waals surface area contributed by atoms with Crippen molar-refractivity contribution in [2.24, 2.45) is 5.73 Å². The molecule has 0 rings (SSSR count). The number of carbonyl (C=O) groups excluding carboxylic acids is 1. The summed E-state index contributed by atoms with van der Waals surface area (Å²) in [5, 5.41) is 2.72. The van der Waals surface area contributed by atoms with Gasteiger partial charge in [-0.25, -0.2) is 8.78 Å². The Morgan fingerprint density at radius 3 is 2.69 bits per heavy atom. The molecule has 0 aromatic heterocycles. The van der Waals surface area contributed by atoms with Gasteiger partial charge >= 0.3 is 0 Å². The third kappa shape index (κ3) is 8.55. The normalized spacial score (nSPS) is 12.8. The highest BCUT2D eigenvalue weighted by Gasteiger charge is 2.09. The molecule has 3 N–H and O–H groups in total. The molecule has 0 spiro atoms. The van der Waals surface area contributed by atoms with Gasteiger partial charge in [0, 0.05) is 19.0 Å². The highest BCUT2D eigenvalue weighted by atomic mass is 19.3. The minimum absolute atomic E-state index is 0.0135. The van der Waals surface area contributed by atoms with Crippen LogP contribution in [0, 0.1) is 0 Å². The predicted molar refractivity (Wildman–Crippen MR) is 57.3 cm³/mol. The van der Waals surface area contributed by atoms with E-state index in [9.17, 15) is 13.6 Å². The Morgan fingerprint density at radius 1 is 1.50 bits per heavy atom. The zero-order valence-corrected chi connectivity index (χ0v) is 9.55. The van der Waals surface area contributed by atoms with Gasteiger partial charge in [0.25, 0.3) is 6.43 Å². The molecule has 1 atom stereocenters. The maximum atomic E-state index is 11.7. The Kier molecular flexibility index (Phi) is 9.03. The number of halogens is 2. The maximum Gasteiger partial charge on any atom is 0.261 e. The van der Waals surface area contributed by atoms with Gasteiger partial charge < -0.3 is 15.8 Å². The van der Waals surface area contributed by atoms with Crippen LogP contribution in [0.25, 0.3) is 0 Å². The van der Waals surface area contributed by atoms with Crippen molar-refractivity contribution in [2.45, 2.75) is 38.7 Å². The van der Waals surface area contributed by atoms with Crippen molar-refractivity contribution >= 4 is 5.91 Å². The second kappa shape index (κ2) is 9.47. The number of nitrogens with one attached hydrogen (secondary N) is 1. The van der Waals surface area contributed by atoms with Crippen molar-refractivity contribution in [3.63, 3.8) is 0 Å². The molecule has 0 bridgehead atoms. The maximum absolute atomic E-state index is 11.7. The number of amides is 1. The first-order valence-corrected chi connectivity index (χ1v) is 5.45. The molecular formula is C10H20F2N2O2. The van der Waals surface area contributed by atoms with E-state index in [1.54, 1.807) is 0 Å². The first-order chi connectivity index (χ1) is 7.60. The van der Waals surface area contributed by atoms with Crippen LogP contribution in [0.3, 0.4) is 0 Å². The van der Waals surface area contributed by atoms with Crippen molar-refractivity contribution in [2.75, 3.05) is 19.8 Å². The van der Waals surface area contributed by atoms with Gasteiger partial charge in [0.2, 0.25) is 5.91 Å². The fourth-order valence-corrected chi connectivity index (χ4v) is 1.23. The van der Waals surface area contributed by atoms with E-state index in [4.69, 9.17) is 5.73 Å². The molecule has 1 unspecified atom stereocenters. The van der Waals surface area contributed by atoms with Crippen LogP contribution in [0.4, 0.5) is 8.78 Å². The first kappa shape index (κ1) is 15.2. The molecule has 16 heavy (non-hydrogen) atoms. The van der Waals surface area contributed by atoms with Crippen molar-refractivity contribution < 1.29 is 18.3 Å². The molecule has 0 heterocycles. The van der Waals surface area contributed by atoms with Gasteiger partial charge in [-0.1, -0.05) is 13.3 Å². The van der Waals surface area contributed by atoms with E-state index in [1.807, 2.05) is 6.92 Å². The minimum Gasteiger partial charge on any atom is -0.375 e. The third-order valence-electron chi connectivity index (χ3n) is 2.00. The van der Waals surface area contributed by atoms with Crippen LogP contribution in [0.5, 0.6) is 0 Å². The van der Waals surface area contributed by atoms with Crippen LogP contribution in [0.15, 0.2) is 0 Å². The summed E-state index contributed by atoms with van der Waals surface area (Å²) in [6.45, 7) is 1.78. The quantitative estimate of drug-likeness (QED) is 0.587. The highest BCUT2D eigenvalue weighted by Crippen LogP contribution is 1.96. The Labute approximate surface area is 94.5 Å². The van der Waals surface area contributed by atoms with Gasteiger partial charge in [0.1, 0.15) is 6.61 Å². The second-order valence-electron chi connectivity index (χ2n) is 3.50. The van der Waals surface area contributed by atoms with Gasteiger partial charge in [-0.2, -0.15) is 0 Å². The number of alkyl halides is 2. The summed E-state index contributed by atoms with van der Waals surface area (Å²) < 4.78 is 28.0. The summed E-state index contributed by atoms with van der Waals surface area (Å²) in [6.07, 6.45) is -0.642. The van der Waals surface area contributed by atoms with Gasteiger partial charge in [-0.05, 0) is 6.42 Å². The average molecular weight is 238 g/mol. The van der Waals surface area contributed by atoms with E-state index >= 15 is 0 Å². The first-order valence-electron chi connectivity index (χ1n) is 5.45. The number of hydrogen-bond donors (Lipinski definition) is 2. The lowest BCUT2D eigenvalue weighted by Gasteiger charge is -2.15. The third-order valence-corrected chi connectivity index (χ3v) is 2.00. The lowest BCUT2D eigenvalue weighted by Crippen LogP contribution is -2.40. The Bertz CT molecular complexity index is 192. The Hall–Kier alpha value is -0.750. The van der Waals surface area contributed by atoms with Crippen LogP contribution >= 0.6 is 0 Å². The van der Waals surface area contributed by atoms with Gasteiger partial charge in [0.05, 0.1) is 6.61 Å². The standard InChI is InChI=1S/C10H20F2N2O2/c1-2-3-8(6-13)14-10(15)4-5-16-7-9(11)12/h8-9H,2-7,13H2,1H3,(H,14,15). The van der Waals surface area contributed by atoms with E-state index in [0.29, 0.717) is 6.54 Å². The predicted octanol–water partition coefficient (Wildman–Crippen LogP) is 0.902. The minimum atomic E-state index is -2.49. The molecule has 0 aromatic carbocycles. The molecule has 0 saturated heterocycles. The van der Waals surface area contributed by atoms with Gasteiger partial charge in [-0.3, -0.25) is 4.79 Å².